The number of allylic oxidation sites excluding steroid dienone is 3. The van der Waals surface area contributed by atoms with E-state index in [0.717, 1.165) is 34.1 Å². The fraction of sp³-hybridized carbons (Fsp3) is 0.0323. The molecule has 0 spiro atoms. The van der Waals surface area contributed by atoms with Crippen molar-refractivity contribution in [3.8, 4) is 0 Å². The number of para-hydroxylation sites is 3. The number of hydrogen-bond acceptors (Lipinski definition) is 2. The van der Waals surface area contributed by atoms with E-state index >= 15 is 0 Å². The van der Waals surface area contributed by atoms with E-state index in [4.69, 9.17) is 0 Å². The lowest BCUT2D eigenvalue weighted by Gasteiger charge is -2.30. The number of rotatable bonds is 8. The zero-order valence-corrected chi connectivity index (χ0v) is 18.9. The molecule has 0 saturated heterocycles. The number of anilines is 5. The van der Waals surface area contributed by atoms with Crippen LogP contribution >= 0.6 is 0 Å². The van der Waals surface area contributed by atoms with Crippen LogP contribution in [0.3, 0.4) is 0 Å². The number of nitrogens with zero attached hydrogens (tertiary/aromatic N) is 2. The van der Waals surface area contributed by atoms with Crippen molar-refractivity contribution < 1.29 is 0 Å². The van der Waals surface area contributed by atoms with Crippen LogP contribution in [0.2, 0.25) is 0 Å². The first kappa shape index (κ1) is 21.9. The largest absolute Gasteiger partial charge is 0.310 e. The van der Waals surface area contributed by atoms with Gasteiger partial charge in [-0.05, 0) is 79.2 Å². The van der Waals surface area contributed by atoms with Gasteiger partial charge in [0.2, 0.25) is 0 Å². The Kier molecular flexibility index (Phi) is 6.87. The summed E-state index contributed by atoms with van der Waals surface area (Å²) in [6.07, 6.45) is 5.64. The van der Waals surface area contributed by atoms with Gasteiger partial charge in [-0.2, -0.15) is 0 Å². The summed E-state index contributed by atoms with van der Waals surface area (Å²) < 4.78 is 0. The maximum atomic E-state index is 4.06. The maximum absolute atomic E-state index is 4.06. The highest BCUT2D eigenvalue weighted by molar-refractivity contribution is 5.81. The van der Waals surface area contributed by atoms with E-state index in [1.165, 1.54) is 5.56 Å². The van der Waals surface area contributed by atoms with E-state index in [1.807, 2.05) is 42.5 Å². The van der Waals surface area contributed by atoms with Crippen LogP contribution in [0, 0.1) is 6.92 Å². The molecule has 0 bridgehead atoms. The van der Waals surface area contributed by atoms with Gasteiger partial charge >= 0.3 is 0 Å². The molecule has 2 heteroatoms. The lowest BCUT2D eigenvalue weighted by Crippen LogP contribution is -2.16. The molecular weight excluding hydrogens is 400 g/mol. The van der Waals surface area contributed by atoms with Crippen LogP contribution in [0.15, 0.2) is 146 Å². The summed E-state index contributed by atoms with van der Waals surface area (Å²) in [6.45, 7) is 10.1. The summed E-state index contributed by atoms with van der Waals surface area (Å²) in [5.41, 5.74) is 7.55. The fourth-order valence-electron chi connectivity index (χ4n) is 3.98. The van der Waals surface area contributed by atoms with Crippen molar-refractivity contribution in [2.45, 2.75) is 6.92 Å². The first-order valence-corrected chi connectivity index (χ1v) is 11.0. The average Bonchev–Trinajstić information content (AvgIpc) is 2.86. The van der Waals surface area contributed by atoms with E-state index in [0.29, 0.717) is 0 Å². The summed E-state index contributed by atoms with van der Waals surface area (Å²) in [5.74, 6) is 0. The molecule has 162 valence electrons. The minimum atomic E-state index is 0.957. The van der Waals surface area contributed by atoms with Gasteiger partial charge in [0.25, 0.3) is 0 Å². The number of aryl methyl sites for hydroxylation is 1. The third-order valence-corrected chi connectivity index (χ3v) is 5.36. The summed E-state index contributed by atoms with van der Waals surface area (Å²) in [4.78, 5) is 4.49. The highest BCUT2D eigenvalue weighted by Crippen LogP contribution is 2.39. The van der Waals surface area contributed by atoms with Gasteiger partial charge in [0.15, 0.2) is 0 Å². The molecule has 0 heterocycles. The highest BCUT2D eigenvalue weighted by atomic mass is 15.2. The number of hydrogen-bond donors (Lipinski definition) is 0. The zero-order valence-electron chi connectivity index (χ0n) is 18.9. The van der Waals surface area contributed by atoms with Crippen molar-refractivity contribution in [1.29, 1.82) is 0 Å². The smallest absolute Gasteiger partial charge is 0.0485 e. The minimum absolute atomic E-state index is 0.957. The van der Waals surface area contributed by atoms with Crippen LogP contribution < -0.4 is 9.80 Å². The van der Waals surface area contributed by atoms with Crippen molar-refractivity contribution in [1.82, 2.24) is 0 Å². The van der Waals surface area contributed by atoms with E-state index in [2.05, 4.69) is 109 Å². The third kappa shape index (κ3) is 4.97. The molecule has 2 nitrogen and oxygen atoms in total. The molecule has 0 radical (unpaired) electrons. The zero-order chi connectivity index (χ0) is 23.0. The van der Waals surface area contributed by atoms with Crippen LogP contribution in [0.5, 0.6) is 0 Å². The molecular formula is C31H28N2. The molecule has 4 rings (SSSR count). The monoisotopic (exact) mass is 428 g/mol. The van der Waals surface area contributed by atoms with Gasteiger partial charge in [-0.1, -0.05) is 73.8 Å². The lowest BCUT2D eigenvalue weighted by molar-refractivity contribution is 1.19. The molecule has 4 aromatic carbocycles. The van der Waals surface area contributed by atoms with Crippen molar-refractivity contribution in [3.05, 3.63) is 152 Å². The molecule has 33 heavy (non-hydrogen) atoms. The highest BCUT2D eigenvalue weighted by Gasteiger charge is 2.17. The summed E-state index contributed by atoms with van der Waals surface area (Å²) >= 11 is 0. The fourth-order valence-corrected chi connectivity index (χ4v) is 3.98. The van der Waals surface area contributed by atoms with Crippen LogP contribution in [-0.2, 0) is 0 Å². The maximum Gasteiger partial charge on any atom is 0.0485 e. The van der Waals surface area contributed by atoms with Crippen LogP contribution in [0.4, 0.5) is 28.4 Å². The lowest BCUT2D eigenvalue weighted by atomic mass is 10.1. The van der Waals surface area contributed by atoms with Crippen molar-refractivity contribution in [2.75, 3.05) is 9.80 Å². The molecule has 0 unspecified atom stereocenters. The summed E-state index contributed by atoms with van der Waals surface area (Å²) in [5, 5.41) is 0. The second kappa shape index (κ2) is 10.3. The van der Waals surface area contributed by atoms with Gasteiger partial charge in [0, 0.05) is 34.1 Å². The molecule has 0 aliphatic heterocycles. The molecule has 0 aliphatic rings. The second-order valence-corrected chi connectivity index (χ2v) is 7.74. The Labute approximate surface area is 197 Å². The van der Waals surface area contributed by atoms with Gasteiger partial charge < -0.3 is 9.80 Å². The standard InChI is InChI=1S/C31H28N2/c1-4-15-26(5-2)32(27-16-9-6-10-17-27)30-22-25(3)23-31(24-30)33(28-18-11-7-12-19-28)29-20-13-8-14-21-29/h4-24H,1-2H2,3H3/b26-15+. The van der Waals surface area contributed by atoms with Gasteiger partial charge in [0.1, 0.15) is 0 Å². The van der Waals surface area contributed by atoms with E-state index in [9.17, 15) is 0 Å². The Morgan fingerprint density at radius 1 is 0.606 bits per heavy atom. The SMILES string of the molecule is C=C/C=C(\C=C)N(c1ccccc1)c1cc(C)cc(N(c2ccccc2)c2ccccc2)c1. The van der Waals surface area contributed by atoms with Gasteiger partial charge in [-0.15, -0.1) is 0 Å². The van der Waals surface area contributed by atoms with Crippen molar-refractivity contribution in [2.24, 2.45) is 0 Å². The second-order valence-electron chi connectivity index (χ2n) is 7.74. The minimum Gasteiger partial charge on any atom is -0.310 e. The Morgan fingerprint density at radius 2 is 1.09 bits per heavy atom. The predicted octanol–water partition coefficient (Wildman–Crippen LogP) is 8.86. The molecule has 0 aromatic heterocycles. The third-order valence-electron chi connectivity index (χ3n) is 5.36. The molecule has 0 aliphatic carbocycles. The van der Waals surface area contributed by atoms with Gasteiger partial charge in [-0.25, -0.2) is 0 Å². The van der Waals surface area contributed by atoms with Gasteiger partial charge in [-0.3, -0.25) is 0 Å². The first-order chi connectivity index (χ1) is 16.2. The molecule has 0 N–H and O–H groups in total. The molecule has 0 atom stereocenters. The molecule has 4 aromatic rings. The Morgan fingerprint density at radius 3 is 1.58 bits per heavy atom. The topological polar surface area (TPSA) is 6.48 Å². The van der Waals surface area contributed by atoms with E-state index in [-0.39, 0.29) is 0 Å². The van der Waals surface area contributed by atoms with Crippen LogP contribution in [0.1, 0.15) is 5.56 Å². The summed E-state index contributed by atoms with van der Waals surface area (Å²) in [7, 11) is 0. The van der Waals surface area contributed by atoms with E-state index < -0.39 is 0 Å². The number of benzene rings is 4. The molecule has 0 fully saturated rings. The van der Waals surface area contributed by atoms with Gasteiger partial charge in [0.05, 0.1) is 0 Å². The van der Waals surface area contributed by atoms with Crippen molar-refractivity contribution >= 4 is 28.4 Å². The Bertz CT molecular complexity index is 1200. The Balaban J connectivity index is 1.92. The molecule has 0 amide bonds. The van der Waals surface area contributed by atoms with Crippen LogP contribution in [-0.4, -0.2) is 0 Å². The van der Waals surface area contributed by atoms with Crippen molar-refractivity contribution in [3.63, 3.8) is 0 Å². The normalized spacial score (nSPS) is 11.0. The molecule has 0 saturated carbocycles. The van der Waals surface area contributed by atoms with Crippen LogP contribution in [0.25, 0.3) is 0 Å². The van der Waals surface area contributed by atoms with E-state index in [1.54, 1.807) is 6.08 Å². The summed E-state index contributed by atoms with van der Waals surface area (Å²) in [6, 6.07) is 37.9. The average molecular weight is 429 g/mol. The first-order valence-electron chi connectivity index (χ1n) is 11.0. The predicted molar refractivity (Wildman–Crippen MR) is 143 cm³/mol. The quantitative estimate of drug-likeness (QED) is 0.259. The Hall–Kier alpha value is -4.30.